The van der Waals surface area contributed by atoms with Crippen molar-refractivity contribution in [1.82, 2.24) is 10.6 Å². The fourth-order valence-corrected chi connectivity index (χ4v) is 1.60. The fourth-order valence-electron chi connectivity index (χ4n) is 1.60. The largest absolute Gasteiger partial charge is 0.481 e. The quantitative estimate of drug-likeness (QED) is 0.501. The van der Waals surface area contributed by atoms with E-state index in [-0.39, 0.29) is 18.5 Å². The fraction of sp³-hybridized carbons (Fsp3) is 0.846. The molecular formula is C13H26N2O4. The summed E-state index contributed by atoms with van der Waals surface area (Å²) in [7, 11) is 1.64. The average Bonchev–Trinajstić information content (AvgIpc) is 2.34. The Balaban J connectivity index is 3.35. The van der Waals surface area contributed by atoms with Gasteiger partial charge in [0.05, 0.1) is 0 Å². The van der Waals surface area contributed by atoms with E-state index in [1.807, 2.05) is 6.92 Å². The smallest absolute Gasteiger partial charge is 0.314 e. The van der Waals surface area contributed by atoms with E-state index in [1.54, 1.807) is 7.11 Å². The van der Waals surface area contributed by atoms with Crippen LogP contribution in [0.2, 0.25) is 0 Å². The molecule has 0 rings (SSSR count). The molecule has 112 valence electrons. The molecule has 0 spiro atoms. The second kappa shape index (κ2) is 11.8. The molecule has 1 unspecified atom stereocenters. The summed E-state index contributed by atoms with van der Waals surface area (Å²) in [6, 6.07) is -0.0651. The third-order valence-electron chi connectivity index (χ3n) is 2.74. The number of carboxylic acids is 1. The first-order valence-corrected chi connectivity index (χ1v) is 6.81. The van der Waals surface area contributed by atoms with Crippen LogP contribution in [0.25, 0.3) is 0 Å². The maximum atomic E-state index is 11.5. The molecule has 0 radical (unpaired) electrons. The molecule has 2 amide bonds. The second-order valence-electron chi connectivity index (χ2n) is 4.64. The lowest BCUT2D eigenvalue weighted by Gasteiger charge is -2.14. The van der Waals surface area contributed by atoms with Crippen molar-refractivity contribution in [1.29, 1.82) is 0 Å². The van der Waals surface area contributed by atoms with Gasteiger partial charge < -0.3 is 20.5 Å². The minimum Gasteiger partial charge on any atom is -0.481 e. The maximum absolute atomic E-state index is 11.5. The molecule has 0 aliphatic rings. The van der Waals surface area contributed by atoms with Crippen molar-refractivity contribution in [2.45, 2.75) is 51.5 Å². The van der Waals surface area contributed by atoms with E-state index in [0.717, 1.165) is 25.7 Å². The monoisotopic (exact) mass is 274 g/mol. The van der Waals surface area contributed by atoms with E-state index >= 15 is 0 Å². The van der Waals surface area contributed by atoms with Crippen molar-refractivity contribution in [2.75, 3.05) is 20.3 Å². The van der Waals surface area contributed by atoms with Crippen LogP contribution >= 0.6 is 0 Å². The van der Waals surface area contributed by atoms with Gasteiger partial charge >= 0.3 is 12.0 Å². The Morgan fingerprint density at radius 3 is 2.53 bits per heavy atom. The van der Waals surface area contributed by atoms with Crippen LogP contribution in [0.4, 0.5) is 4.79 Å². The zero-order valence-electron chi connectivity index (χ0n) is 11.9. The van der Waals surface area contributed by atoms with Crippen LogP contribution < -0.4 is 10.6 Å². The van der Waals surface area contributed by atoms with Crippen molar-refractivity contribution < 1.29 is 19.4 Å². The van der Waals surface area contributed by atoms with Crippen LogP contribution in [0.3, 0.4) is 0 Å². The van der Waals surface area contributed by atoms with Crippen LogP contribution in [-0.4, -0.2) is 43.4 Å². The lowest BCUT2D eigenvalue weighted by molar-refractivity contribution is -0.137. The summed E-state index contributed by atoms with van der Waals surface area (Å²) in [5.74, 6) is -0.748. The number of unbranched alkanes of at least 4 members (excludes halogenated alkanes) is 3. The minimum atomic E-state index is -0.748. The number of nitrogens with one attached hydrogen (secondary N) is 2. The number of aliphatic carboxylic acids is 1. The van der Waals surface area contributed by atoms with Gasteiger partial charge in [-0.1, -0.05) is 12.8 Å². The Morgan fingerprint density at radius 2 is 1.89 bits per heavy atom. The predicted molar refractivity (Wildman–Crippen MR) is 73.2 cm³/mol. The van der Waals surface area contributed by atoms with Gasteiger partial charge in [-0.3, -0.25) is 4.79 Å². The Kier molecular flexibility index (Phi) is 11.0. The van der Waals surface area contributed by atoms with E-state index in [1.165, 1.54) is 0 Å². The van der Waals surface area contributed by atoms with Crippen molar-refractivity contribution >= 4 is 12.0 Å². The molecule has 0 aliphatic carbocycles. The molecule has 0 heterocycles. The SMILES string of the molecule is COCCC(C)NC(=O)NCCCCCCC(=O)O. The maximum Gasteiger partial charge on any atom is 0.314 e. The van der Waals surface area contributed by atoms with E-state index in [4.69, 9.17) is 9.84 Å². The average molecular weight is 274 g/mol. The zero-order chi connectivity index (χ0) is 14.5. The minimum absolute atomic E-state index is 0.0931. The van der Waals surface area contributed by atoms with E-state index in [2.05, 4.69) is 10.6 Å². The third kappa shape index (κ3) is 12.9. The molecule has 6 nitrogen and oxygen atoms in total. The van der Waals surface area contributed by atoms with Gasteiger partial charge in [0, 0.05) is 32.7 Å². The number of carbonyl (C=O) groups is 2. The normalized spacial score (nSPS) is 11.9. The van der Waals surface area contributed by atoms with Gasteiger partial charge in [0.25, 0.3) is 0 Å². The Morgan fingerprint density at radius 1 is 1.21 bits per heavy atom. The lowest BCUT2D eigenvalue weighted by Crippen LogP contribution is -2.41. The molecule has 0 saturated heterocycles. The molecule has 0 aliphatic heterocycles. The van der Waals surface area contributed by atoms with E-state index < -0.39 is 5.97 Å². The summed E-state index contributed by atoms with van der Waals surface area (Å²) in [5, 5.41) is 14.1. The van der Waals surface area contributed by atoms with Crippen LogP contribution in [0.5, 0.6) is 0 Å². The summed E-state index contributed by atoms with van der Waals surface area (Å²) in [6.45, 7) is 3.19. The molecule has 19 heavy (non-hydrogen) atoms. The molecular weight excluding hydrogens is 248 g/mol. The summed E-state index contributed by atoms with van der Waals surface area (Å²) in [6.07, 6.45) is 4.42. The predicted octanol–water partition coefficient (Wildman–Crippen LogP) is 1.75. The molecule has 0 aromatic carbocycles. The van der Waals surface area contributed by atoms with Crippen molar-refractivity contribution in [2.24, 2.45) is 0 Å². The van der Waals surface area contributed by atoms with Gasteiger partial charge in [-0.2, -0.15) is 0 Å². The van der Waals surface area contributed by atoms with Gasteiger partial charge in [-0.25, -0.2) is 4.79 Å². The highest BCUT2D eigenvalue weighted by atomic mass is 16.5. The van der Waals surface area contributed by atoms with Gasteiger partial charge in [0.1, 0.15) is 0 Å². The van der Waals surface area contributed by atoms with Gasteiger partial charge in [0.15, 0.2) is 0 Å². The first-order chi connectivity index (χ1) is 9.06. The Hall–Kier alpha value is -1.30. The zero-order valence-corrected chi connectivity index (χ0v) is 11.9. The molecule has 0 bridgehead atoms. The molecule has 0 aromatic rings. The van der Waals surface area contributed by atoms with Crippen molar-refractivity contribution in [3.8, 4) is 0 Å². The number of carboxylic acid groups (broad SMARTS) is 1. The number of ether oxygens (including phenoxy) is 1. The van der Waals surface area contributed by atoms with Crippen LogP contribution in [0, 0.1) is 0 Å². The number of hydrogen-bond donors (Lipinski definition) is 3. The number of carbonyl (C=O) groups excluding carboxylic acids is 1. The number of hydrogen-bond acceptors (Lipinski definition) is 3. The number of amides is 2. The van der Waals surface area contributed by atoms with Crippen LogP contribution in [0.15, 0.2) is 0 Å². The molecule has 0 fully saturated rings. The Labute approximate surface area is 114 Å². The lowest BCUT2D eigenvalue weighted by atomic mass is 10.1. The summed E-state index contributed by atoms with van der Waals surface area (Å²) in [4.78, 5) is 21.7. The first kappa shape index (κ1) is 17.7. The van der Waals surface area contributed by atoms with Gasteiger partial charge in [0.2, 0.25) is 0 Å². The highest BCUT2D eigenvalue weighted by Gasteiger charge is 2.05. The molecule has 0 saturated carbocycles. The van der Waals surface area contributed by atoms with Crippen LogP contribution in [0.1, 0.15) is 45.4 Å². The molecule has 6 heteroatoms. The second-order valence-corrected chi connectivity index (χ2v) is 4.64. The summed E-state index contributed by atoms with van der Waals surface area (Å²) < 4.78 is 4.93. The third-order valence-corrected chi connectivity index (χ3v) is 2.74. The highest BCUT2D eigenvalue weighted by molar-refractivity contribution is 5.74. The summed E-state index contributed by atoms with van der Waals surface area (Å²) in [5.41, 5.74) is 0. The topological polar surface area (TPSA) is 87.7 Å². The van der Waals surface area contributed by atoms with Crippen molar-refractivity contribution in [3.05, 3.63) is 0 Å². The highest BCUT2D eigenvalue weighted by Crippen LogP contribution is 2.02. The Bertz CT molecular complexity index is 259. The van der Waals surface area contributed by atoms with E-state index in [0.29, 0.717) is 19.6 Å². The first-order valence-electron chi connectivity index (χ1n) is 6.81. The van der Waals surface area contributed by atoms with Crippen molar-refractivity contribution in [3.63, 3.8) is 0 Å². The van der Waals surface area contributed by atoms with Gasteiger partial charge in [-0.05, 0) is 26.2 Å². The summed E-state index contributed by atoms with van der Waals surface area (Å²) >= 11 is 0. The van der Waals surface area contributed by atoms with Crippen LogP contribution in [-0.2, 0) is 9.53 Å². The van der Waals surface area contributed by atoms with E-state index in [9.17, 15) is 9.59 Å². The molecule has 1 atom stereocenters. The number of urea groups is 1. The number of rotatable bonds is 11. The van der Waals surface area contributed by atoms with Gasteiger partial charge in [-0.15, -0.1) is 0 Å². The molecule has 3 N–H and O–H groups in total. The standard InChI is InChI=1S/C13H26N2O4/c1-11(8-10-19-2)15-13(18)14-9-6-4-3-5-7-12(16)17/h11H,3-10H2,1-2H3,(H,16,17)(H2,14,15,18). The number of methoxy groups -OCH3 is 1. The molecule has 0 aromatic heterocycles.